The predicted molar refractivity (Wildman–Crippen MR) is 88.2 cm³/mol. The van der Waals surface area contributed by atoms with Gasteiger partial charge in [-0.25, -0.2) is 0 Å². The van der Waals surface area contributed by atoms with Crippen LogP contribution in [0.3, 0.4) is 0 Å². The molecule has 1 aliphatic heterocycles. The molecule has 112 valence electrons. The minimum absolute atomic E-state index is 0.102. The lowest BCUT2D eigenvalue weighted by Crippen LogP contribution is -2.07. The summed E-state index contributed by atoms with van der Waals surface area (Å²) < 4.78 is 5.65. The molecule has 2 aromatic heterocycles. The van der Waals surface area contributed by atoms with Crippen molar-refractivity contribution >= 4 is 23.1 Å². The summed E-state index contributed by atoms with van der Waals surface area (Å²) >= 11 is 3.69. The number of thiophene rings is 1. The molecule has 0 saturated heterocycles. The number of fused-ring (bicyclic) bond motifs is 1. The summed E-state index contributed by atoms with van der Waals surface area (Å²) in [6.45, 7) is 3.96. The lowest BCUT2D eigenvalue weighted by atomic mass is 10.1. The average molecular weight is 321 g/mol. The third-order valence-corrected chi connectivity index (χ3v) is 5.64. The van der Waals surface area contributed by atoms with Crippen LogP contribution >= 0.6 is 23.1 Å². The van der Waals surface area contributed by atoms with Gasteiger partial charge in [0.05, 0.1) is 12.3 Å². The molecule has 0 saturated carbocycles. The van der Waals surface area contributed by atoms with Crippen molar-refractivity contribution in [3.05, 3.63) is 45.4 Å². The lowest BCUT2D eigenvalue weighted by molar-refractivity contribution is 0.218. The maximum Gasteiger partial charge on any atom is 0.138 e. The molecule has 1 aliphatic rings. The second-order valence-electron chi connectivity index (χ2n) is 5.42. The van der Waals surface area contributed by atoms with Gasteiger partial charge in [0.25, 0.3) is 0 Å². The smallest absolute Gasteiger partial charge is 0.138 e. The van der Waals surface area contributed by atoms with Crippen LogP contribution in [-0.2, 0) is 12.2 Å². The van der Waals surface area contributed by atoms with E-state index in [-0.39, 0.29) is 6.10 Å². The molecule has 2 aromatic rings. The maximum atomic E-state index is 10.6. The quantitative estimate of drug-likeness (QED) is 0.930. The Labute approximate surface area is 133 Å². The van der Waals surface area contributed by atoms with Gasteiger partial charge in [0, 0.05) is 27.3 Å². The first-order valence-corrected chi connectivity index (χ1v) is 9.09. The fourth-order valence-electron chi connectivity index (χ4n) is 2.39. The number of aliphatic hydroxyl groups is 1. The molecule has 1 N–H and O–H groups in total. The van der Waals surface area contributed by atoms with Gasteiger partial charge in [0.1, 0.15) is 11.9 Å². The molecule has 1 unspecified atom stereocenters. The van der Waals surface area contributed by atoms with E-state index in [0.717, 1.165) is 22.6 Å². The molecule has 3 heterocycles. The highest BCUT2D eigenvalue weighted by atomic mass is 32.2. The summed E-state index contributed by atoms with van der Waals surface area (Å²) in [5, 5.41) is 10.6. The molecule has 3 nitrogen and oxygen atoms in total. The zero-order valence-corrected chi connectivity index (χ0v) is 13.8. The molecule has 0 aliphatic carbocycles. The van der Waals surface area contributed by atoms with Crippen LogP contribution in [0.15, 0.2) is 24.5 Å². The molecule has 0 aromatic carbocycles. The normalized spacial score (nSPS) is 15.8. The van der Waals surface area contributed by atoms with Crippen molar-refractivity contribution in [1.29, 1.82) is 0 Å². The Balaban J connectivity index is 1.84. The van der Waals surface area contributed by atoms with E-state index in [9.17, 15) is 5.11 Å². The molecule has 21 heavy (non-hydrogen) atoms. The number of rotatable bonds is 4. The van der Waals surface area contributed by atoms with Crippen LogP contribution in [-0.4, -0.2) is 21.9 Å². The van der Waals surface area contributed by atoms with Gasteiger partial charge < -0.3 is 9.84 Å². The molecule has 1 atom stereocenters. The summed E-state index contributed by atoms with van der Waals surface area (Å²) in [7, 11) is 0. The fourth-order valence-corrected chi connectivity index (χ4v) is 4.78. The first-order valence-electron chi connectivity index (χ1n) is 7.12. The van der Waals surface area contributed by atoms with Crippen molar-refractivity contribution in [2.45, 2.75) is 38.2 Å². The Morgan fingerprint density at radius 1 is 1.29 bits per heavy atom. The number of thioether (sulfide) groups is 1. The number of ether oxygens (including phenoxy) is 1. The molecular weight excluding hydrogens is 302 g/mol. The van der Waals surface area contributed by atoms with E-state index in [0.29, 0.717) is 5.75 Å². The second kappa shape index (κ2) is 6.38. The Bertz CT molecular complexity index is 601. The molecule has 5 heteroatoms. The van der Waals surface area contributed by atoms with E-state index >= 15 is 0 Å². The summed E-state index contributed by atoms with van der Waals surface area (Å²) in [4.78, 5) is 6.61. The Kier molecular flexibility index (Phi) is 4.52. The van der Waals surface area contributed by atoms with Crippen molar-refractivity contribution in [3.63, 3.8) is 0 Å². The lowest BCUT2D eigenvalue weighted by Gasteiger charge is -2.13. The Morgan fingerprint density at radius 3 is 2.90 bits per heavy atom. The van der Waals surface area contributed by atoms with Gasteiger partial charge >= 0.3 is 0 Å². The fraction of sp³-hybridized carbons (Fsp3) is 0.438. The molecule has 0 radical (unpaired) electrons. The highest BCUT2D eigenvalue weighted by molar-refractivity contribution is 7.98. The van der Waals surface area contributed by atoms with Gasteiger partial charge in [-0.2, -0.15) is 11.8 Å². The van der Waals surface area contributed by atoms with E-state index < -0.39 is 6.10 Å². The third kappa shape index (κ3) is 3.42. The Hall–Kier alpha value is -1.04. The summed E-state index contributed by atoms with van der Waals surface area (Å²) in [5.41, 5.74) is 2.17. The number of pyridine rings is 1. The third-order valence-electron chi connectivity index (χ3n) is 3.34. The zero-order chi connectivity index (χ0) is 14.8. The SMILES string of the molecule is CC(C)Oc1cncc(C(O)c2cc3c(s2)CCSC3)c1. The first kappa shape index (κ1) is 14.9. The van der Waals surface area contributed by atoms with Crippen LogP contribution < -0.4 is 4.74 Å². The van der Waals surface area contributed by atoms with Crippen LogP contribution in [0.25, 0.3) is 0 Å². The minimum Gasteiger partial charge on any atom is -0.489 e. The standard InChI is InChI=1S/C16H19NO2S2/c1-10(2)19-13-5-11(7-17-8-13)16(18)15-6-12-9-20-4-3-14(12)21-15/h5-8,10,16,18H,3-4,9H2,1-2H3. The average Bonchev–Trinajstić information content (AvgIpc) is 2.90. The number of aryl methyl sites for hydroxylation is 1. The molecule has 0 amide bonds. The monoisotopic (exact) mass is 321 g/mol. The Morgan fingerprint density at radius 2 is 2.14 bits per heavy atom. The number of aliphatic hydroxyl groups excluding tert-OH is 1. The highest BCUT2D eigenvalue weighted by Crippen LogP contribution is 2.36. The van der Waals surface area contributed by atoms with Crippen LogP contribution in [0, 0.1) is 0 Å². The summed E-state index contributed by atoms with van der Waals surface area (Å²) in [6.07, 6.45) is 4.00. The van der Waals surface area contributed by atoms with Crippen LogP contribution in [0.2, 0.25) is 0 Å². The highest BCUT2D eigenvalue weighted by Gasteiger charge is 2.19. The topological polar surface area (TPSA) is 42.4 Å². The largest absolute Gasteiger partial charge is 0.489 e. The van der Waals surface area contributed by atoms with Crippen LogP contribution in [0.4, 0.5) is 0 Å². The number of nitrogens with zero attached hydrogens (tertiary/aromatic N) is 1. The number of hydrogen-bond donors (Lipinski definition) is 1. The van der Waals surface area contributed by atoms with Crippen LogP contribution in [0.1, 0.15) is 40.8 Å². The van der Waals surface area contributed by atoms with E-state index in [1.807, 2.05) is 31.7 Å². The number of aromatic nitrogens is 1. The second-order valence-corrected chi connectivity index (χ2v) is 7.70. The summed E-state index contributed by atoms with van der Waals surface area (Å²) in [5.74, 6) is 2.95. The van der Waals surface area contributed by atoms with Gasteiger partial charge in [0.2, 0.25) is 0 Å². The molecule has 3 rings (SSSR count). The molecule has 0 bridgehead atoms. The van der Waals surface area contributed by atoms with Gasteiger partial charge in [0.15, 0.2) is 0 Å². The minimum atomic E-state index is -0.617. The van der Waals surface area contributed by atoms with E-state index in [4.69, 9.17) is 4.74 Å². The van der Waals surface area contributed by atoms with Gasteiger partial charge in [-0.15, -0.1) is 11.3 Å². The van der Waals surface area contributed by atoms with Crippen molar-refractivity contribution in [2.75, 3.05) is 5.75 Å². The molecular formula is C16H19NO2S2. The van der Waals surface area contributed by atoms with E-state index in [2.05, 4.69) is 11.1 Å². The van der Waals surface area contributed by atoms with Crippen LogP contribution in [0.5, 0.6) is 5.75 Å². The number of hydrogen-bond acceptors (Lipinski definition) is 5. The van der Waals surface area contributed by atoms with E-state index in [1.54, 1.807) is 23.7 Å². The zero-order valence-electron chi connectivity index (χ0n) is 12.2. The van der Waals surface area contributed by atoms with Crippen molar-refractivity contribution in [1.82, 2.24) is 4.98 Å². The van der Waals surface area contributed by atoms with Crippen molar-refractivity contribution in [3.8, 4) is 5.75 Å². The molecule has 0 fully saturated rings. The maximum absolute atomic E-state index is 10.6. The van der Waals surface area contributed by atoms with Crippen molar-refractivity contribution < 1.29 is 9.84 Å². The van der Waals surface area contributed by atoms with E-state index in [1.165, 1.54) is 16.2 Å². The van der Waals surface area contributed by atoms with Gasteiger partial charge in [-0.1, -0.05) is 0 Å². The molecule has 0 spiro atoms. The predicted octanol–water partition coefficient (Wildman–Crippen LogP) is 3.80. The van der Waals surface area contributed by atoms with Crippen molar-refractivity contribution in [2.24, 2.45) is 0 Å². The van der Waals surface area contributed by atoms with Gasteiger partial charge in [-0.05, 0) is 43.7 Å². The first-order chi connectivity index (χ1) is 10.1. The summed E-state index contributed by atoms with van der Waals surface area (Å²) in [6, 6.07) is 4.03. The van der Waals surface area contributed by atoms with Gasteiger partial charge in [-0.3, -0.25) is 4.98 Å².